The van der Waals surface area contributed by atoms with Gasteiger partial charge in [-0.1, -0.05) is 18.2 Å². The highest BCUT2D eigenvalue weighted by molar-refractivity contribution is 8.18. The predicted molar refractivity (Wildman–Crippen MR) is 130 cm³/mol. The number of aromatic nitrogens is 2. The van der Waals surface area contributed by atoms with Gasteiger partial charge in [0, 0.05) is 44.4 Å². The van der Waals surface area contributed by atoms with Gasteiger partial charge in [-0.25, -0.2) is 4.98 Å². The average molecular weight is 483 g/mol. The number of amides is 3. The molecule has 3 heterocycles. The number of hydrogen-bond donors (Lipinski definition) is 1. The number of carbonyl (C=O) groups excluding carboxylic acids is 3. The highest BCUT2D eigenvalue weighted by Gasteiger charge is 2.27. The molecule has 178 valence electrons. The maximum Gasteiger partial charge on any atom is 0.290 e. The minimum Gasteiger partial charge on any atom is -0.476 e. The van der Waals surface area contributed by atoms with E-state index in [0.717, 1.165) is 11.8 Å². The monoisotopic (exact) mass is 482 g/mol. The number of imide groups is 1. The van der Waals surface area contributed by atoms with Crippen molar-refractivity contribution in [3.8, 4) is 5.88 Å². The number of likely N-dealkylation sites (N-methyl/N-ethyl adjacent to an activating group) is 1. The first-order chi connectivity index (χ1) is 16.4. The van der Waals surface area contributed by atoms with E-state index in [2.05, 4.69) is 15.3 Å². The number of thioether (sulfide) groups is 1. The summed E-state index contributed by atoms with van der Waals surface area (Å²) in [6.45, 7) is 3.33. The number of benzene rings is 1. The van der Waals surface area contributed by atoms with Crippen molar-refractivity contribution in [1.82, 2.24) is 25.1 Å². The van der Waals surface area contributed by atoms with Crippen LogP contribution in [0.4, 0.5) is 10.7 Å². The van der Waals surface area contributed by atoms with Crippen molar-refractivity contribution in [2.75, 3.05) is 58.3 Å². The van der Waals surface area contributed by atoms with Crippen molar-refractivity contribution in [2.24, 2.45) is 0 Å². The van der Waals surface area contributed by atoms with Crippen LogP contribution in [0.3, 0.4) is 0 Å². The van der Waals surface area contributed by atoms with Gasteiger partial charge in [0.15, 0.2) is 0 Å². The molecule has 10 nitrogen and oxygen atoms in total. The lowest BCUT2D eigenvalue weighted by Crippen LogP contribution is -2.49. The number of piperazine rings is 1. The molecule has 2 fully saturated rings. The van der Waals surface area contributed by atoms with Crippen LogP contribution in [0.15, 0.2) is 41.3 Å². The molecule has 0 atom stereocenters. The Labute approximate surface area is 202 Å². The molecule has 0 unspecified atom stereocenters. The second-order valence-corrected chi connectivity index (χ2v) is 9.10. The second kappa shape index (κ2) is 10.7. The van der Waals surface area contributed by atoms with Crippen LogP contribution in [-0.4, -0.2) is 90.2 Å². The van der Waals surface area contributed by atoms with Gasteiger partial charge >= 0.3 is 0 Å². The number of hydrogen-bond acceptors (Lipinski definition) is 9. The Balaban J connectivity index is 1.51. The van der Waals surface area contributed by atoms with Crippen LogP contribution in [0.5, 0.6) is 5.88 Å². The zero-order valence-electron chi connectivity index (χ0n) is 19.1. The van der Waals surface area contributed by atoms with E-state index in [4.69, 9.17) is 4.74 Å². The zero-order chi connectivity index (χ0) is 24.1. The van der Waals surface area contributed by atoms with E-state index < -0.39 is 11.1 Å². The van der Waals surface area contributed by atoms with E-state index in [-0.39, 0.29) is 10.8 Å². The summed E-state index contributed by atoms with van der Waals surface area (Å²) in [5.41, 5.74) is 1.14. The summed E-state index contributed by atoms with van der Waals surface area (Å²) in [4.78, 5) is 51.5. The van der Waals surface area contributed by atoms with Gasteiger partial charge in [0.1, 0.15) is 6.61 Å². The molecule has 0 spiro atoms. The number of carbonyl (C=O) groups is 3. The lowest BCUT2D eigenvalue weighted by Gasteiger charge is -2.35. The summed E-state index contributed by atoms with van der Waals surface area (Å²) in [5, 5.41) is 1.83. The smallest absolute Gasteiger partial charge is 0.290 e. The normalized spacial score (nSPS) is 17.4. The molecule has 1 aromatic carbocycles. The molecule has 4 rings (SSSR count). The molecule has 3 amide bonds. The van der Waals surface area contributed by atoms with E-state index in [9.17, 15) is 14.4 Å². The van der Waals surface area contributed by atoms with Crippen molar-refractivity contribution in [3.63, 3.8) is 0 Å². The third-order valence-corrected chi connectivity index (χ3v) is 6.10. The first-order valence-electron chi connectivity index (χ1n) is 10.9. The molecular weight excluding hydrogens is 456 g/mol. The van der Waals surface area contributed by atoms with Crippen LogP contribution in [0, 0.1) is 0 Å². The number of nitrogens with one attached hydrogen (secondary N) is 1. The first-order valence-corrected chi connectivity index (χ1v) is 11.7. The molecule has 2 aliphatic heterocycles. The minimum absolute atomic E-state index is 0.00120. The fraction of sp³-hybridized carbons (Fsp3) is 0.348. The van der Waals surface area contributed by atoms with Gasteiger partial charge in [-0.2, -0.15) is 4.98 Å². The third-order valence-electron chi connectivity index (χ3n) is 5.29. The van der Waals surface area contributed by atoms with Crippen molar-refractivity contribution >= 4 is 40.8 Å². The van der Waals surface area contributed by atoms with E-state index in [1.54, 1.807) is 12.1 Å². The quantitative estimate of drug-likeness (QED) is 0.590. The minimum atomic E-state index is -0.446. The Bertz CT molecular complexity index is 1100. The maximum absolute atomic E-state index is 12.8. The lowest BCUT2D eigenvalue weighted by atomic mass is 10.2. The molecule has 2 saturated heterocycles. The van der Waals surface area contributed by atoms with Gasteiger partial charge < -0.3 is 19.4 Å². The summed E-state index contributed by atoms with van der Waals surface area (Å²) < 4.78 is 5.83. The fourth-order valence-electron chi connectivity index (χ4n) is 3.48. The third kappa shape index (κ3) is 5.91. The first kappa shape index (κ1) is 23.7. The van der Waals surface area contributed by atoms with Gasteiger partial charge in [0.05, 0.1) is 10.6 Å². The molecule has 0 radical (unpaired) electrons. The topological polar surface area (TPSA) is 108 Å². The average Bonchev–Trinajstić information content (AvgIpc) is 3.15. The van der Waals surface area contributed by atoms with Crippen LogP contribution in [0.1, 0.15) is 16.1 Å². The molecular formula is C23H26N6O4S. The fourth-order valence-corrected chi connectivity index (χ4v) is 4.15. The molecule has 0 aliphatic carbocycles. The molecule has 1 N–H and O–H groups in total. The SMILES string of the molecule is CN(C)CCOc1cc(C=C2SC(=O)NC2=O)nc(N2CCN(C(=O)c3ccccc3)CC2)n1. The Morgan fingerprint density at radius 1 is 1.15 bits per heavy atom. The Morgan fingerprint density at radius 3 is 2.53 bits per heavy atom. The summed E-state index contributed by atoms with van der Waals surface area (Å²) in [5.74, 6) is 0.395. The molecule has 11 heteroatoms. The summed E-state index contributed by atoms with van der Waals surface area (Å²) in [6, 6.07) is 10.9. The molecule has 0 saturated carbocycles. The van der Waals surface area contributed by atoms with E-state index in [1.807, 2.05) is 59.1 Å². The Kier molecular flexibility index (Phi) is 7.43. The predicted octanol–water partition coefficient (Wildman–Crippen LogP) is 1.70. The van der Waals surface area contributed by atoms with E-state index in [1.165, 1.54) is 0 Å². The Morgan fingerprint density at radius 2 is 1.88 bits per heavy atom. The molecule has 2 aliphatic rings. The summed E-state index contributed by atoms with van der Waals surface area (Å²) in [6.07, 6.45) is 1.56. The van der Waals surface area contributed by atoms with Crippen LogP contribution in [-0.2, 0) is 4.79 Å². The van der Waals surface area contributed by atoms with E-state index in [0.29, 0.717) is 62.4 Å². The Hall–Kier alpha value is -3.44. The van der Waals surface area contributed by atoms with Gasteiger partial charge in [0.25, 0.3) is 17.1 Å². The molecule has 2 aromatic rings. The molecule has 1 aromatic heterocycles. The van der Waals surface area contributed by atoms with Crippen LogP contribution in [0.25, 0.3) is 6.08 Å². The van der Waals surface area contributed by atoms with Crippen molar-refractivity contribution in [3.05, 3.63) is 52.6 Å². The van der Waals surface area contributed by atoms with Gasteiger partial charge in [0.2, 0.25) is 11.8 Å². The van der Waals surface area contributed by atoms with Gasteiger partial charge in [-0.15, -0.1) is 0 Å². The number of rotatable bonds is 7. The highest BCUT2D eigenvalue weighted by atomic mass is 32.2. The lowest BCUT2D eigenvalue weighted by molar-refractivity contribution is -0.115. The van der Waals surface area contributed by atoms with E-state index >= 15 is 0 Å². The molecule has 34 heavy (non-hydrogen) atoms. The van der Waals surface area contributed by atoms with Crippen molar-refractivity contribution in [2.45, 2.75) is 0 Å². The van der Waals surface area contributed by atoms with Crippen molar-refractivity contribution < 1.29 is 19.1 Å². The largest absolute Gasteiger partial charge is 0.476 e. The van der Waals surface area contributed by atoms with Gasteiger partial charge in [-0.05, 0) is 44.1 Å². The number of nitrogens with zero attached hydrogens (tertiary/aromatic N) is 5. The highest BCUT2D eigenvalue weighted by Crippen LogP contribution is 2.27. The zero-order valence-corrected chi connectivity index (χ0v) is 19.9. The van der Waals surface area contributed by atoms with Gasteiger partial charge in [-0.3, -0.25) is 19.7 Å². The summed E-state index contributed by atoms with van der Waals surface area (Å²) in [7, 11) is 3.90. The number of ether oxygens (including phenoxy) is 1. The maximum atomic E-state index is 12.8. The molecule has 0 bridgehead atoms. The van der Waals surface area contributed by atoms with Crippen LogP contribution in [0.2, 0.25) is 0 Å². The van der Waals surface area contributed by atoms with Crippen molar-refractivity contribution in [1.29, 1.82) is 0 Å². The standard InChI is InChI=1S/C23H26N6O4S/c1-27(2)12-13-33-19-15-17(14-18-20(30)26-23(32)34-18)24-22(25-19)29-10-8-28(9-11-29)21(31)16-6-4-3-5-7-16/h3-7,14-15H,8-13H2,1-2H3,(H,26,30,32). The second-order valence-electron chi connectivity index (χ2n) is 8.08. The number of anilines is 1. The van der Waals surface area contributed by atoms with Crippen LogP contribution < -0.4 is 15.0 Å². The van der Waals surface area contributed by atoms with Crippen LogP contribution >= 0.6 is 11.8 Å². The summed E-state index contributed by atoms with van der Waals surface area (Å²) >= 11 is 0.835.